The van der Waals surface area contributed by atoms with Crippen molar-refractivity contribution in [3.63, 3.8) is 0 Å². The number of ether oxygens (including phenoxy) is 2. The average molecular weight is 1060 g/mol. The fourth-order valence-electron chi connectivity index (χ4n) is 9.45. The fraction of sp³-hybridized carbons (Fsp3) is 0.509. The van der Waals surface area contributed by atoms with Crippen molar-refractivity contribution < 1.29 is 38.1 Å². The minimum absolute atomic E-state index is 0.00491. The first-order valence-corrected chi connectivity index (χ1v) is 27.1. The zero-order valence-electron chi connectivity index (χ0n) is 43.3. The molecule has 0 bridgehead atoms. The summed E-state index contributed by atoms with van der Waals surface area (Å²) in [5.74, 6) is 0.413. The lowest BCUT2D eigenvalue weighted by Crippen LogP contribution is -2.57. The Labute approximate surface area is 442 Å². The van der Waals surface area contributed by atoms with Crippen LogP contribution in [0.25, 0.3) is 21.3 Å². The van der Waals surface area contributed by atoms with Crippen molar-refractivity contribution in [1.29, 1.82) is 0 Å². The van der Waals surface area contributed by atoms with E-state index >= 15 is 0 Å². The Kier molecular flexibility index (Phi) is 20.0. The molecule has 5 aromatic rings. The molecule has 4 amide bonds. The number of carbonyl (C=O) groups excluding carboxylic acids is 4. The third-order valence-corrected chi connectivity index (χ3v) is 15.0. The van der Waals surface area contributed by atoms with Gasteiger partial charge in [-0.2, -0.15) is 0 Å². The molecule has 4 heterocycles. The first kappa shape index (κ1) is 55.8. The molecular formula is C55H71ClFN9O7S. The number of nitrogens with one attached hydrogen (secondary N) is 3. The Hall–Kier alpha value is -5.95. The number of β-amino-alcohol motifs (C(OH)–C–C–N with tert-alkyl or cyclic N) is 1. The topological polar surface area (TPSA) is 191 Å². The number of aryl methyl sites for hydroxylation is 1. The normalized spacial score (nSPS) is 16.5. The van der Waals surface area contributed by atoms with Crippen LogP contribution in [0, 0.1) is 18.2 Å². The molecule has 74 heavy (non-hydrogen) atoms. The number of anilines is 2. The number of hydrogen-bond donors (Lipinski definition) is 4. The van der Waals surface area contributed by atoms with E-state index in [9.17, 15) is 28.7 Å². The molecule has 0 aliphatic carbocycles. The summed E-state index contributed by atoms with van der Waals surface area (Å²) in [6.45, 7) is 12.3. The maximum absolute atomic E-state index is 14.0. The number of methoxy groups -OCH3 is 1. The molecule has 0 radical (unpaired) electrons. The van der Waals surface area contributed by atoms with Crippen molar-refractivity contribution in [2.75, 3.05) is 58.3 Å². The summed E-state index contributed by atoms with van der Waals surface area (Å²) in [4.78, 5) is 73.7. The van der Waals surface area contributed by atoms with Gasteiger partial charge in [-0.1, -0.05) is 88.7 Å². The van der Waals surface area contributed by atoms with E-state index in [4.69, 9.17) is 21.1 Å². The number of nitrogens with zero attached hydrogens (tertiary/aromatic N) is 6. The van der Waals surface area contributed by atoms with Gasteiger partial charge >= 0.3 is 0 Å². The molecule has 7 rings (SSSR count). The van der Waals surface area contributed by atoms with Crippen LogP contribution in [0.5, 0.6) is 11.5 Å². The largest absolute Gasteiger partial charge is 0.493 e. The number of aliphatic hydroxyl groups excluding tert-OH is 1. The molecule has 2 aliphatic rings. The molecular weight excluding hydrogens is 985 g/mol. The molecule has 2 fully saturated rings. The zero-order valence-corrected chi connectivity index (χ0v) is 44.8. The number of fused-ring (bicyclic) bond motifs is 1. The maximum atomic E-state index is 14.0. The van der Waals surface area contributed by atoms with Crippen molar-refractivity contribution in [2.45, 2.75) is 123 Å². The molecule has 3 atom stereocenters. The average Bonchev–Trinajstić information content (AvgIpc) is 4.01. The number of aromatic nitrogens is 3. The summed E-state index contributed by atoms with van der Waals surface area (Å²) >= 11 is 7.57. The van der Waals surface area contributed by atoms with Crippen LogP contribution in [0.2, 0.25) is 5.02 Å². The van der Waals surface area contributed by atoms with E-state index in [1.165, 1.54) is 23.4 Å². The minimum Gasteiger partial charge on any atom is -0.493 e. The van der Waals surface area contributed by atoms with Crippen molar-refractivity contribution in [3.8, 4) is 21.9 Å². The number of thiazole rings is 1. The van der Waals surface area contributed by atoms with E-state index in [1.807, 2.05) is 68.4 Å². The molecule has 2 saturated heterocycles. The zero-order chi connectivity index (χ0) is 52.8. The van der Waals surface area contributed by atoms with Crippen LogP contribution in [0.4, 0.5) is 15.9 Å². The van der Waals surface area contributed by atoms with E-state index in [1.54, 1.807) is 30.6 Å². The second-order valence-corrected chi connectivity index (χ2v) is 21.6. The van der Waals surface area contributed by atoms with E-state index in [-0.39, 0.29) is 54.6 Å². The lowest BCUT2D eigenvalue weighted by Gasteiger charge is -2.35. The molecule has 0 spiro atoms. The van der Waals surface area contributed by atoms with Crippen LogP contribution in [-0.2, 0) is 25.7 Å². The van der Waals surface area contributed by atoms with E-state index in [2.05, 4.69) is 35.8 Å². The predicted octanol–water partition coefficient (Wildman–Crippen LogP) is 8.84. The highest BCUT2D eigenvalue weighted by Gasteiger charge is 2.44. The molecule has 2 aromatic heterocycles. The first-order valence-electron chi connectivity index (χ1n) is 25.8. The van der Waals surface area contributed by atoms with Gasteiger partial charge in [0.1, 0.15) is 30.0 Å². The number of aliphatic hydroxyl groups is 1. The predicted molar refractivity (Wildman–Crippen MR) is 287 cm³/mol. The number of likely N-dealkylation sites (tertiary alicyclic amines) is 1. The van der Waals surface area contributed by atoms with Crippen molar-refractivity contribution >= 4 is 69.0 Å². The Morgan fingerprint density at radius 3 is 2.28 bits per heavy atom. The van der Waals surface area contributed by atoms with Crippen LogP contribution >= 0.6 is 22.9 Å². The molecule has 0 saturated carbocycles. The standard InChI is InChI=1S/C55H71ClFN9O7S/c1-36-50(74-35-61-36)38-18-16-37(17-19-38)32-58-53(70)45-29-40(67)33-66(45)54(71)51(55(2,3)4)63-48(68)14-11-9-7-6-8-10-12-15-49(69)65-25-23-64(24-26-65)22-13-27-73-47-30-41-44(31-46(47)72-5)59-34-60-52(41)62-39-20-21-43(57)42(56)28-39/h16-21,28,30-31,34-35,40,45,51,67H,6-15,22-27,29,32-33H2,1-5H3,(H,58,70)(H,63,68)(H,59,60,62)/t40-,45+,51-/m1/s1. The van der Waals surface area contributed by atoms with E-state index in [0.717, 1.165) is 86.3 Å². The van der Waals surface area contributed by atoms with E-state index < -0.39 is 29.4 Å². The summed E-state index contributed by atoms with van der Waals surface area (Å²) < 4.78 is 25.5. The van der Waals surface area contributed by atoms with Crippen molar-refractivity contribution in [2.24, 2.45) is 5.41 Å². The monoisotopic (exact) mass is 1060 g/mol. The van der Waals surface area contributed by atoms with Gasteiger partial charge < -0.3 is 40.3 Å². The Morgan fingerprint density at radius 2 is 1.61 bits per heavy atom. The van der Waals surface area contributed by atoms with Gasteiger partial charge in [-0.05, 0) is 67.0 Å². The number of carbonyl (C=O) groups is 4. The number of amides is 4. The second kappa shape index (κ2) is 26.5. The molecule has 3 aromatic carbocycles. The molecule has 19 heteroatoms. The Balaban J connectivity index is 0.738. The summed E-state index contributed by atoms with van der Waals surface area (Å²) in [6, 6.07) is 14.2. The van der Waals surface area contributed by atoms with Gasteiger partial charge in [0.15, 0.2) is 11.5 Å². The highest BCUT2D eigenvalue weighted by molar-refractivity contribution is 7.13. The highest BCUT2D eigenvalue weighted by Crippen LogP contribution is 2.36. The summed E-state index contributed by atoms with van der Waals surface area (Å²) in [5.41, 5.74) is 5.37. The van der Waals surface area contributed by atoms with Crippen molar-refractivity contribution in [1.82, 2.24) is 40.3 Å². The van der Waals surface area contributed by atoms with Gasteiger partial charge in [0.2, 0.25) is 23.6 Å². The number of unbranched alkanes of at least 4 members (excludes halogenated alkanes) is 6. The van der Waals surface area contributed by atoms with Crippen LogP contribution in [0.1, 0.15) is 103 Å². The van der Waals surface area contributed by atoms with Crippen LogP contribution in [-0.4, -0.2) is 130 Å². The van der Waals surface area contributed by atoms with Gasteiger partial charge in [0.05, 0.1) is 46.4 Å². The summed E-state index contributed by atoms with van der Waals surface area (Å²) in [6.07, 6.45) is 8.77. The van der Waals surface area contributed by atoms with Gasteiger partial charge in [-0.15, -0.1) is 11.3 Å². The van der Waals surface area contributed by atoms with Crippen LogP contribution in [0.3, 0.4) is 0 Å². The van der Waals surface area contributed by atoms with Gasteiger partial charge in [0, 0.05) is 82.2 Å². The van der Waals surface area contributed by atoms with Crippen molar-refractivity contribution in [3.05, 3.63) is 88.5 Å². The number of hydrogen-bond acceptors (Lipinski definition) is 13. The first-order chi connectivity index (χ1) is 35.6. The SMILES string of the molecule is COc1cc2ncnc(Nc3ccc(F)c(Cl)c3)c2cc1OCCCN1CCN(C(=O)CCCCCCCCCC(=O)N[C@H](C(=O)N2C[C@H](O)C[C@H]2C(=O)NCc2ccc(-c3scnc3C)cc2)C(C)(C)C)CC1. The van der Waals surface area contributed by atoms with E-state index in [0.29, 0.717) is 66.4 Å². The lowest BCUT2D eigenvalue weighted by atomic mass is 9.85. The summed E-state index contributed by atoms with van der Waals surface area (Å²) in [5, 5.41) is 20.4. The highest BCUT2D eigenvalue weighted by atomic mass is 35.5. The molecule has 398 valence electrons. The maximum Gasteiger partial charge on any atom is 0.246 e. The lowest BCUT2D eigenvalue weighted by molar-refractivity contribution is -0.144. The molecule has 16 nitrogen and oxygen atoms in total. The fourth-order valence-corrected chi connectivity index (χ4v) is 10.4. The molecule has 2 aliphatic heterocycles. The second-order valence-electron chi connectivity index (χ2n) is 20.3. The summed E-state index contributed by atoms with van der Waals surface area (Å²) in [7, 11) is 1.58. The Bertz CT molecular complexity index is 2700. The minimum atomic E-state index is -0.863. The third-order valence-electron chi connectivity index (χ3n) is 13.7. The molecule has 0 unspecified atom stereocenters. The number of benzene rings is 3. The smallest absolute Gasteiger partial charge is 0.246 e. The van der Waals surface area contributed by atoms with Crippen LogP contribution in [0.15, 0.2) is 66.4 Å². The number of halogens is 2. The number of rotatable bonds is 24. The quantitative estimate of drug-likeness (QED) is 0.0430. The van der Waals surface area contributed by atoms with Crippen LogP contribution < -0.4 is 25.4 Å². The third kappa shape index (κ3) is 15.3. The Morgan fingerprint density at radius 1 is 0.892 bits per heavy atom. The number of piperazine rings is 1. The van der Waals surface area contributed by atoms with Gasteiger partial charge in [0.25, 0.3) is 0 Å². The molecule has 4 N–H and O–H groups in total. The van der Waals surface area contributed by atoms with Gasteiger partial charge in [-0.25, -0.2) is 19.3 Å². The van der Waals surface area contributed by atoms with Gasteiger partial charge in [-0.3, -0.25) is 24.1 Å².